The molecule has 0 aliphatic heterocycles. The number of nitrogens with two attached hydrogens (primary N) is 1. The number of phenols is 1. The number of amides is 1. The van der Waals surface area contributed by atoms with E-state index in [2.05, 4.69) is 103 Å². The Bertz CT molecular complexity index is 2930. The topological polar surface area (TPSA) is 196 Å². The molecule has 0 aliphatic rings. The first-order valence-electron chi connectivity index (χ1n) is 14.8. The summed E-state index contributed by atoms with van der Waals surface area (Å²) in [6.07, 6.45) is 9.98. The molecular weight excluding hydrogens is 741 g/mol. The lowest BCUT2D eigenvalue weighted by Crippen LogP contribution is -2.20. The van der Waals surface area contributed by atoms with Gasteiger partial charge in [-0.05, 0) is 105 Å². The average molecular weight is 759 g/mol. The Morgan fingerprint density at radius 1 is 0.855 bits per heavy atom. The van der Waals surface area contributed by atoms with Gasteiger partial charge in [-0.25, -0.2) is 4.68 Å². The molecule has 1 heterocycles. The summed E-state index contributed by atoms with van der Waals surface area (Å²) in [6, 6.07) is 12.2. The number of aromatic nitrogens is 4. The minimum absolute atomic E-state index is 0.0290. The molecule has 3 aromatic carbocycles. The largest absolute Gasteiger partial charge is 0.506 e. The molecule has 0 unspecified atom stereocenters. The van der Waals surface area contributed by atoms with E-state index in [1.54, 1.807) is 36.3 Å². The number of hydrogen-bond donors (Lipinski definition) is 3. The number of benzene rings is 3. The quantitative estimate of drug-likeness (QED) is 0.0874. The van der Waals surface area contributed by atoms with Crippen LogP contribution >= 0.6 is 11.8 Å². The number of carbonyl (C=O) groups is 3. The van der Waals surface area contributed by atoms with Crippen LogP contribution in [0.2, 0.25) is 0 Å². The number of rotatable bonds is 11. The smallest absolute Gasteiger partial charge is 0.303 e. The van der Waals surface area contributed by atoms with E-state index in [-0.39, 0.29) is 44.8 Å². The van der Waals surface area contributed by atoms with E-state index < -0.39 is 34.0 Å². The van der Waals surface area contributed by atoms with E-state index >= 15 is 0 Å². The first-order chi connectivity index (χ1) is 26.5. The molecule has 0 saturated heterocycles. The van der Waals surface area contributed by atoms with Crippen molar-refractivity contribution in [2.45, 2.75) is 17.5 Å². The highest BCUT2D eigenvalue weighted by Gasteiger charge is 2.20. The summed E-state index contributed by atoms with van der Waals surface area (Å²) in [6.45, 7) is -0.486. The average Bonchev–Trinajstić information content (AvgIpc) is 3.61. The van der Waals surface area contributed by atoms with Crippen LogP contribution in [0.15, 0.2) is 53.7 Å². The van der Waals surface area contributed by atoms with Crippen molar-refractivity contribution in [3.63, 3.8) is 0 Å². The summed E-state index contributed by atoms with van der Waals surface area (Å²) in [5.41, 5.74) is 5.69. The van der Waals surface area contributed by atoms with Crippen LogP contribution in [-0.2, 0) is 31.9 Å². The number of primary amides is 1. The van der Waals surface area contributed by atoms with Crippen molar-refractivity contribution < 1.29 is 32.6 Å². The highest BCUT2D eigenvalue weighted by molar-refractivity contribution is 7.98. The van der Waals surface area contributed by atoms with Gasteiger partial charge in [-0.15, -0.1) is 17.9 Å². The number of nitrogens with one attached hydrogen (secondary N) is 1. The zero-order valence-corrected chi connectivity index (χ0v) is 29.4. The summed E-state index contributed by atoms with van der Waals surface area (Å²) in [4.78, 5) is 35.7. The van der Waals surface area contributed by atoms with Crippen molar-refractivity contribution in [1.82, 2.24) is 20.2 Å². The SMILES string of the molecule is C#CC#CC#CC#CC#CC#CC#CC#CS(=O)(=O)Nc1cc(CSc2nnnn2CC(=O)C(=O)C#C)ccc1Oc1cc(C(N)=O)c(O)c2ccccc12. The van der Waals surface area contributed by atoms with Crippen molar-refractivity contribution in [3.8, 4) is 124 Å². The number of aromatic hydroxyl groups is 1. The Morgan fingerprint density at radius 3 is 2.09 bits per heavy atom. The third-order valence-electron chi connectivity index (χ3n) is 6.30. The molecular formula is C40H18N6O7S2. The lowest BCUT2D eigenvalue weighted by atomic mass is 10.0. The molecule has 0 saturated carbocycles. The molecule has 55 heavy (non-hydrogen) atoms. The van der Waals surface area contributed by atoms with E-state index in [4.69, 9.17) is 23.3 Å². The number of ketones is 2. The van der Waals surface area contributed by atoms with E-state index in [1.165, 1.54) is 18.2 Å². The molecule has 1 aromatic heterocycles. The van der Waals surface area contributed by atoms with Crippen LogP contribution < -0.4 is 15.2 Å². The first-order valence-corrected chi connectivity index (χ1v) is 17.3. The predicted octanol–water partition coefficient (Wildman–Crippen LogP) is 1.84. The van der Waals surface area contributed by atoms with E-state index in [1.807, 2.05) is 5.25 Å². The molecule has 0 spiro atoms. The summed E-state index contributed by atoms with van der Waals surface area (Å²) >= 11 is 1.07. The molecule has 13 nitrogen and oxygen atoms in total. The van der Waals surface area contributed by atoms with Crippen LogP contribution in [0.3, 0.4) is 0 Å². The molecule has 4 N–H and O–H groups in total. The third-order valence-corrected chi connectivity index (χ3v) is 8.19. The highest BCUT2D eigenvalue weighted by atomic mass is 32.2. The van der Waals surface area contributed by atoms with Crippen molar-refractivity contribution in [3.05, 3.63) is 59.7 Å². The van der Waals surface area contributed by atoms with Gasteiger partial charge in [0, 0.05) is 34.3 Å². The Kier molecular flexibility index (Phi) is 13.8. The summed E-state index contributed by atoms with van der Waals surface area (Å²) in [5.74, 6) is 31.6. The molecule has 262 valence electrons. The second-order valence-electron chi connectivity index (χ2n) is 9.89. The molecule has 15 heteroatoms. The molecule has 1 amide bonds. The van der Waals surface area contributed by atoms with Gasteiger partial charge in [0.25, 0.3) is 11.7 Å². The standard InChI is InChI=1S/C40H18N6O7S2/c1-3-5-6-7-8-9-10-11-12-13-14-15-16-19-24-55(51,52)43-33-25-29(28-54-40-42-44-45-46(40)27-35(48)34(47)4-2)22-23-36(33)53-37-26-32(39(41)50)38(49)31-21-18-17-20-30(31)37/h1-2,17-18,20-23,25-26,43,49H,27-28H2,(H2,41,50). The molecule has 4 aromatic rings. The summed E-state index contributed by atoms with van der Waals surface area (Å²) in [7, 11) is -4.41. The van der Waals surface area contributed by atoms with Gasteiger partial charge >= 0.3 is 10.0 Å². The van der Waals surface area contributed by atoms with Gasteiger partial charge in [0.15, 0.2) is 5.75 Å². The number of tetrazole rings is 1. The van der Waals surface area contributed by atoms with E-state index in [0.717, 1.165) is 16.4 Å². The zero-order chi connectivity index (χ0) is 39.6. The van der Waals surface area contributed by atoms with Gasteiger partial charge < -0.3 is 15.6 Å². The molecule has 0 aliphatic carbocycles. The van der Waals surface area contributed by atoms with E-state index in [0.29, 0.717) is 10.9 Å². The Balaban J connectivity index is 1.63. The number of nitrogens with zero attached hydrogens (tertiary/aromatic N) is 4. The molecule has 0 bridgehead atoms. The highest BCUT2D eigenvalue weighted by Crippen LogP contribution is 2.40. The Morgan fingerprint density at radius 2 is 1.47 bits per heavy atom. The van der Waals surface area contributed by atoms with Crippen molar-refractivity contribution >= 4 is 55.7 Å². The number of terminal acetylenes is 2. The number of sulfonamides is 1. The minimum atomic E-state index is -4.41. The zero-order valence-electron chi connectivity index (χ0n) is 27.8. The lowest BCUT2D eigenvalue weighted by Gasteiger charge is -2.16. The van der Waals surface area contributed by atoms with Gasteiger partial charge in [-0.1, -0.05) is 42.1 Å². The molecule has 0 fully saturated rings. The maximum absolute atomic E-state index is 13.1. The minimum Gasteiger partial charge on any atom is -0.506 e. The second-order valence-corrected chi connectivity index (χ2v) is 12.3. The molecule has 0 radical (unpaired) electrons. The van der Waals surface area contributed by atoms with Gasteiger partial charge in [0.05, 0.1) is 16.5 Å². The maximum Gasteiger partial charge on any atom is 0.303 e. The van der Waals surface area contributed by atoms with Crippen LogP contribution in [-0.4, -0.2) is 51.2 Å². The fourth-order valence-electron chi connectivity index (χ4n) is 4.03. The van der Waals surface area contributed by atoms with E-state index in [9.17, 15) is 27.9 Å². The number of thioether (sulfide) groups is 1. The molecule has 0 atom stereocenters. The van der Waals surface area contributed by atoms with Gasteiger partial charge in [-0.3, -0.25) is 19.1 Å². The van der Waals surface area contributed by atoms with Crippen LogP contribution in [0.25, 0.3) is 10.8 Å². The van der Waals surface area contributed by atoms with Gasteiger partial charge in [0.1, 0.15) is 18.0 Å². The maximum atomic E-state index is 13.1. The fraction of sp³-hybridized carbons (Fsp3) is 0.0500. The number of Topliss-reactive ketones (excluding diaryl/α,β-unsaturated/α-hetero) is 2. The van der Waals surface area contributed by atoms with Crippen LogP contribution in [0.1, 0.15) is 15.9 Å². The summed E-state index contributed by atoms with van der Waals surface area (Å²) in [5, 5.41) is 24.6. The fourth-order valence-corrected chi connectivity index (χ4v) is 5.54. The first kappa shape index (κ1) is 39.3. The number of ether oxygens (including phenoxy) is 1. The normalized spacial score (nSPS) is 9.13. The number of fused-ring (bicyclic) bond motifs is 1. The Labute approximate surface area is 319 Å². The number of carbonyl (C=O) groups excluding carboxylic acids is 3. The summed E-state index contributed by atoms with van der Waals surface area (Å²) < 4.78 is 35.8. The van der Waals surface area contributed by atoms with Crippen molar-refractivity contribution in [2.24, 2.45) is 5.73 Å². The Hall–Kier alpha value is -8.46. The second kappa shape index (κ2) is 19.2. The van der Waals surface area contributed by atoms with Gasteiger partial charge in [-0.2, -0.15) is 8.42 Å². The molecule has 4 rings (SSSR count). The number of anilines is 1. The van der Waals surface area contributed by atoms with Crippen molar-refractivity contribution in [2.75, 3.05) is 4.72 Å². The van der Waals surface area contributed by atoms with Crippen LogP contribution in [0.4, 0.5) is 5.69 Å². The van der Waals surface area contributed by atoms with Crippen LogP contribution in [0, 0.1) is 107 Å². The monoisotopic (exact) mass is 758 g/mol. The van der Waals surface area contributed by atoms with Crippen molar-refractivity contribution in [1.29, 1.82) is 0 Å². The lowest BCUT2D eigenvalue weighted by molar-refractivity contribution is -0.133. The van der Waals surface area contributed by atoms with Gasteiger partial charge in [0.2, 0.25) is 10.9 Å². The van der Waals surface area contributed by atoms with Crippen LogP contribution in [0.5, 0.6) is 17.2 Å². The third kappa shape index (κ3) is 11.5. The predicted molar refractivity (Wildman–Crippen MR) is 203 cm³/mol. The number of hydrogen-bond acceptors (Lipinski definition) is 11.